The third kappa shape index (κ3) is 4.37. The average molecular weight is 313 g/mol. The van der Waals surface area contributed by atoms with Crippen LogP contribution in [0.4, 0.5) is 0 Å². The molecule has 0 saturated carbocycles. The summed E-state index contributed by atoms with van der Waals surface area (Å²) in [6.45, 7) is 4.76. The number of Topliss-reactive ketones (excluding diaryl/α,β-unsaturated/α-hetero) is 1. The van der Waals surface area contributed by atoms with Gasteiger partial charge in [0.25, 0.3) is 0 Å². The first-order valence-electron chi connectivity index (χ1n) is 6.40. The van der Waals surface area contributed by atoms with Crippen molar-refractivity contribution in [2.75, 3.05) is 7.11 Å². The van der Waals surface area contributed by atoms with Crippen LogP contribution in [0.25, 0.3) is 0 Å². The van der Waals surface area contributed by atoms with E-state index in [1.165, 1.54) is 38.3 Å². The lowest BCUT2D eigenvalue weighted by atomic mass is 10.1. The Balaban J connectivity index is 3.13. The van der Waals surface area contributed by atoms with Gasteiger partial charge in [0.15, 0.2) is 5.78 Å². The predicted molar refractivity (Wildman–Crippen MR) is 77.4 cm³/mol. The fraction of sp³-hybridized carbons (Fsp3) is 0.429. The summed E-state index contributed by atoms with van der Waals surface area (Å²) in [6.07, 6.45) is 0. The first kappa shape index (κ1) is 17.3. The Morgan fingerprint density at radius 1 is 1.24 bits per heavy atom. The van der Waals surface area contributed by atoms with E-state index in [4.69, 9.17) is 0 Å². The summed E-state index contributed by atoms with van der Waals surface area (Å²) >= 11 is 0. The van der Waals surface area contributed by atoms with Crippen molar-refractivity contribution in [3.8, 4) is 0 Å². The molecule has 0 radical (unpaired) electrons. The summed E-state index contributed by atoms with van der Waals surface area (Å²) in [7, 11) is -2.72. The number of hydrogen-bond donors (Lipinski definition) is 1. The van der Waals surface area contributed by atoms with Gasteiger partial charge < -0.3 is 4.74 Å². The average Bonchev–Trinajstić information content (AvgIpc) is 2.43. The molecule has 1 rings (SSSR count). The molecule has 0 saturated heterocycles. The monoisotopic (exact) mass is 313 g/mol. The number of rotatable bonds is 6. The molecule has 0 aromatic heterocycles. The zero-order valence-corrected chi connectivity index (χ0v) is 13.2. The fourth-order valence-corrected chi connectivity index (χ4v) is 3.08. The summed E-state index contributed by atoms with van der Waals surface area (Å²) < 4.78 is 31.5. The smallest absolute Gasteiger partial charge is 0.324 e. The van der Waals surface area contributed by atoms with E-state index < -0.39 is 22.0 Å². The van der Waals surface area contributed by atoms with Crippen LogP contribution < -0.4 is 4.72 Å². The van der Waals surface area contributed by atoms with Gasteiger partial charge in [0.05, 0.1) is 12.0 Å². The van der Waals surface area contributed by atoms with Crippen molar-refractivity contribution in [2.45, 2.75) is 31.7 Å². The highest BCUT2D eigenvalue weighted by Crippen LogP contribution is 2.14. The Morgan fingerprint density at radius 2 is 1.86 bits per heavy atom. The molecule has 0 heterocycles. The van der Waals surface area contributed by atoms with Crippen molar-refractivity contribution in [3.63, 3.8) is 0 Å². The molecule has 1 unspecified atom stereocenters. The third-order valence-electron chi connectivity index (χ3n) is 2.95. The second-order valence-electron chi connectivity index (χ2n) is 4.95. The van der Waals surface area contributed by atoms with Gasteiger partial charge in [-0.2, -0.15) is 4.72 Å². The predicted octanol–water partition coefficient (Wildman–Crippen LogP) is 1.37. The zero-order valence-electron chi connectivity index (χ0n) is 12.4. The molecule has 116 valence electrons. The summed E-state index contributed by atoms with van der Waals surface area (Å²) in [5.74, 6) is -1.17. The maximum Gasteiger partial charge on any atom is 0.324 e. The van der Waals surface area contributed by atoms with E-state index in [9.17, 15) is 18.0 Å². The van der Waals surface area contributed by atoms with E-state index in [0.717, 1.165) is 0 Å². The summed E-state index contributed by atoms with van der Waals surface area (Å²) in [4.78, 5) is 22.9. The minimum Gasteiger partial charge on any atom is -0.468 e. The summed E-state index contributed by atoms with van der Waals surface area (Å²) in [6, 6.07) is 4.67. The molecule has 0 fully saturated rings. The van der Waals surface area contributed by atoms with Crippen molar-refractivity contribution in [1.29, 1.82) is 0 Å². The Labute approximate surface area is 124 Å². The molecule has 0 aliphatic rings. The Kier molecular flexibility index (Phi) is 5.62. The topological polar surface area (TPSA) is 89.5 Å². The number of esters is 1. The number of methoxy groups -OCH3 is 1. The van der Waals surface area contributed by atoms with E-state index in [1.54, 1.807) is 13.8 Å². The first-order chi connectivity index (χ1) is 9.69. The molecule has 0 aliphatic heterocycles. The van der Waals surface area contributed by atoms with Crippen LogP contribution in [-0.4, -0.2) is 33.3 Å². The lowest BCUT2D eigenvalue weighted by molar-refractivity contribution is -0.143. The second kappa shape index (κ2) is 6.82. The molecule has 0 amide bonds. The van der Waals surface area contributed by atoms with E-state index in [0.29, 0.717) is 0 Å². The van der Waals surface area contributed by atoms with Gasteiger partial charge in [-0.1, -0.05) is 26.0 Å². The Bertz CT molecular complexity index is 637. The van der Waals surface area contributed by atoms with Crippen molar-refractivity contribution in [3.05, 3.63) is 29.8 Å². The van der Waals surface area contributed by atoms with Gasteiger partial charge in [-0.25, -0.2) is 8.42 Å². The highest BCUT2D eigenvalue weighted by atomic mass is 32.2. The van der Waals surface area contributed by atoms with E-state index in [2.05, 4.69) is 9.46 Å². The van der Waals surface area contributed by atoms with Crippen LogP contribution in [0.1, 0.15) is 31.1 Å². The number of carbonyl (C=O) groups excluding carboxylic acids is 2. The number of sulfonamides is 1. The molecule has 1 atom stereocenters. The van der Waals surface area contributed by atoms with Crippen LogP contribution in [0.5, 0.6) is 0 Å². The standard InChI is InChI=1S/C14H19NO5S/c1-9(2)13(14(17)20-4)15-21(18,19)12-7-5-6-11(8-12)10(3)16/h5-9,13,15H,1-4H3. The normalized spacial score (nSPS) is 13.0. The van der Waals surface area contributed by atoms with Crippen LogP contribution in [-0.2, 0) is 19.6 Å². The van der Waals surface area contributed by atoms with Crippen LogP contribution in [0.15, 0.2) is 29.2 Å². The molecular weight excluding hydrogens is 294 g/mol. The van der Waals surface area contributed by atoms with Gasteiger partial charge in [0.1, 0.15) is 6.04 Å². The fourth-order valence-electron chi connectivity index (χ4n) is 1.70. The van der Waals surface area contributed by atoms with Crippen molar-refractivity contribution in [2.24, 2.45) is 5.92 Å². The molecule has 21 heavy (non-hydrogen) atoms. The van der Waals surface area contributed by atoms with E-state index in [1.807, 2.05) is 0 Å². The molecule has 6 nitrogen and oxygen atoms in total. The number of ketones is 1. The van der Waals surface area contributed by atoms with Gasteiger partial charge in [-0.05, 0) is 25.0 Å². The highest BCUT2D eigenvalue weighted by molar-refractivity contribution is 7.89. The molecule has 0 aliphatic carbocycles. The molecule has 0 bridgehead atoms. The number of hydrogen-bond acceptors (Lipinski definition) is 5. The lowest BCUT2D eigenvalue weighted by Crippen LogP contribution is -2.44. The van der Waals surface area contributed by atoms with E-state index >= 15 is 0 Å². The number of benzene rings is 1. The minimum absolute atomic E-state index is 0.0650. The van der Waals surface area contributed by atoms with Crippen LogP contribution in [0.2, 0.25) is 0 Å². The highest BCUT2D eigenvalue weighted by Gasteiger charge is 2.29. The molecule has 1 aromatic rings. The van der Waals surface area contributed by atoms with E-state index in [-0.39, 0.29) is 22.2 Å². The van der Waals surface area contributed by atoms with Crippen LogP contribution in [0.3, 0.4) is 0 Å². The SMILES string of the molecule is COC(=O)C(NS(=O)(=O)c1cccc(C(C)=O)c1)C(C)C. The molecule has 1 N–H and O–H groups in total. The minimum atomic E-state index is -3.92. The molecule has 7 heteroatoms. The maximum atomic E-state index is 12.3. The van der Waals surface area contributed by atoms with Crippen molar-refractivity contribution < 1.29 is 22.7 Å². The maximum absolute atomic E-state index is 12.3. The van der Waals surface area contributed by atoms with Gasteiger partial charge in [-0.3, -0.25) is 9.59 Å². The third-order valence-corrected chi connectivity index (χ3v) is 4.39. The lowest BCUT2D eigenvalue weighted by Gasteiger charge is -2.19. The second-order valence-corrected chi connectivity index (χ2v) is 6.66. The first-order valence-corrected chi connectivity index (χ1v) is 7.88. The number of nitrogens with one attached hydrogen (secondary N) is 1. The molecule has 0 spiro atoms. The molecule has 1 aromatic carbocycles. The van der Waals surface area contributed by atoms with Gasteiger partial charge in [-0.15, -0.1) is 0 Å². The number of ether oxygens (including phenoxy) is 1. The van der Waals surface area contributed by atoms with Gasteiger partial charge >= 0.3 is 5.97 Å². The largest absolute Gasteiger partial charge is 0.468 e. The summed E-state index contributed by atoms with van der Waals surface area (Å²) in [5, 5.41) is 0. The Morgan fingerprint density at radius 3 is 2.33 bits per heavy atom. The zero-order chi connectivity index (χ0) is 16.2. The van der Waals surface area contributed by atoms with Gasteiger partial charge in [0, 0.05) is 5.56 Å². The van der Waals surface area contributed by atoms with Crippen molar-refractivity contribution >= 4 is 21.8 Å². The molecular formula is C14H19NO5S. The van der Waals surface area contributed by atoms with Crippen molar-refractivity contribution in [1.82, 2.24) is 4.72 Å². The van der Waals surface area contributed by atoms with Crippen LogP contribution in [0, 0.1) is 5.92 Å². The Hall–Kier alpha value is -1.73. The van der Waals surface area contributed by atoms with Gasteiger partial charge in [0.2, 0.25) is 10.0 Å². The number of carbonyl (C=O) groups is 2. The summed E-state index contributed by atoms with van der Waals surface area (Å²) in [5.41, 5.74) is 0.289. The van der Waals surface area contributed by atoms with Crippen LogP contribution >= 0.6 is 0 Å². The quantitative estimate of drug-likeness (QED) is 0.633.